The topological polar surface area (TPSA) is 32.8 Å². The van der Waals surface area contributed by atoms with Crippen LogP contribution in [-0.2, 0) is 4.74 Å². The first-order valence-corrected chi connectivity index (χ1v) is 6.23. The first kappa shape index (κ1) is 11.7. The van der Waals surface area contributed by atoms with Crippen LogP contribution in [0.2, 0.25) is 0 Å². The number of likely N-dealkylation sites (tertiary alicyclic amines) is 1. The fourth-order valence-corrected chi connectivity index (χ4v) is 2.52. The van der Waals surface area contributed by atoms with Gasteiger partial charge in [0.15, 0.2) is 0 Å². The van der Waals surface area contributed by atoms with E-state index in [2.05, 4.69) is 4.90 Å². The van der Waals surface area contributed by atoms with Gasteiger partial charge in [-0.1, -0.05) is 0 Å². The van der Waals surface area contributed by atoms with Gasteiger partial charge in [-0.3, -0.25) is 4.90 Å². The molecule has 2 fully saturated rings. The molecular formula is C12H22N2O2. The molecule has 0 unspecified atom stereocenters. The van der Waals surface area contributed by atoms with Crippen LogP contribution in [0.1, 0.15) is 32.1 Å². The molecule has 0 spiro atoms. The summed E-state index contributed by atoms with van der Waals surface area (Å²) >= 11 is 0. The molecule has 0 atom stereocenters. The number of amides is 1. The lowest BCUT2D eigenvalue weighted by molar-refractivity contribution is 0.0997. The van der Waals surface area contributed by atoms with Gasteiger partial charge in [0.2, 0.25) is 0 Å². The molecule has 4 heteroatoms. The third-order valence-corrected chi connectivity index (χ3v) is 3.76. The van der Waals surface area contributed by atoms with Crippen molar-refractivity contribution in [1.82, 2.24) is 9.80 Å². The molecule has 0 aromatic rings. The van der Waals surface area contributed by atoms with E-state index >= 15 is 0 Å². The lowest BCUT2D eigenvalue weighted by Gasteiger charge is -2.27. The molecule has 0 N–H and O–H groups in total. The summed E-state index contributed by atoms with van der Waals surface area (Å²) in [7, 11) is 3.44. The molecular weight excluding hydrogens is 204 g/mol. The van der Waals surface area contributed by atoms with Crippen LogP contribution in [0.3, 0.4) is 0 Å². The van der Waals surface area contributed by atoms with Crippen LogP contribution in [-0.4, -0.2) is 55.2 Å². The fourth-order valence-electron chi connectivity index (χ4n) is 2.52. The second kappa shape index (κ2) is 4.62. The molecule has 2 rings (SSSR count). The number of carbonyl (C=O) groups is 1. The first-order valence-electron chi connectivity index (χ1n) is 6.23. The summed E-state index contributed by atoms with van der Waals surface area (Å²) in [5, 5.41) is 0. The van der Waals surface area contributed by atoms with E-state index in [9.17, 15) is 4.79 Å². The van der Waals surface area contributed by atoms with E-state index in [1.807, 2.05) is 0 Å². The Bertz CT molecular complexity index is 256. The molecule has 0 bridgehead atoms. The predicted molar refractivity (Wildman–Crippen MR) is 62.4 cm³/mol. The zero-order valence-electron chi connectivity index (χ0n) is 10.4. The number of rotatable bonds is 4. The van der Waals surface area contributed by atoms with Crippen molar-refractivity contribution < 1.29 is 9.53 Å². The summed E-state index contributed by atoms with van der Waals surface area (Å²) in [6, 6.07) is 0. The molecule has 1 amide bonds. The Morgan fingerprint density at radius 2 is 1.94 bits per heavy atom. The second-order valence-corrected chi connectivity index (χ2v) is 5.18. The number of hydrogen-bond acceptors (Lipinski definition) is 3. The van der Waals surface area contributed by atoms with Crippen LogP contribution in [0.15, 0.2) is 0 Å². The second-order valence-electron chi connectivity index (χ2n) is 5.18. The maximum atomic E-state index is 11.3. The Morgan fingerprint density at radius 3 is 2.44 bits per heavy atom. The Labute approximate surface area is 97.5 Å². The SMILES string of the molecule is CN(C)C(=O)OCCC1(N2CCCC2)CC1. The van der Waals surface area contributed by atoms with Gasteiger partial charge in [-0.15, -0.1) is 0 Å². The van der Waals surface area contributed by atoms with Crippen molar-refractivity contribution in [1.29, 1.82) is 0 Å². The van der Waals surface area contributed by atoms with Crippen LogP contribution in [0.5, 0.6) is 0 Å². The summed E-state index contributed by atoms with van der Waals surface area (Å²) < 4.78 is 5.20. The van der Waals surface area contributed by atoms with Crippen molar-refractivity contribution in [2.24, 2.45) is 0 Å². The highest BCUT2D eigenvalue weighted by molar-refractivity contribution is 5.66. The predicted octanol–water partition coefficient (Wildman–Crippen LogP) is 1.70. The zero-order valence-corrected chi connectivity index (χ0v) is 10.4. The molecule has 1 heterocycles. The summed E-state index contributed by atoms with van der Waals surface area (Å²) in [5.74, 6) is 0. The van der Waals surface area contributed by atoms with Crippen molar-refractivity contribution in [2.75, 3.05) is 33.8 Å². The minimum Gasteiger partial charge on any atom is -0.449 e. The van der Waals surface area contributed by atoms with Gasteiger partial charge < -0.3 is 9.64 Å². The number of ether oxygens (including phenoxy) is 1. The van der Waals surface area contributed by atoms with Crippen LogP contribution in [0, 0.1) is 0 Å². The molecule has 0 radical (unpaired) electrons. The maximum Gasteiger partial charge on any atom is 0.409 e. The molecule has 1 saturated heterocycles. The van der Waals surface area contributed by atoms with E-state index < -0.39 is 0 Å². The van der Waals surface area contributed by atoms with E-state index in [0.29, 0.717) is 12.1 Å². The normalized spacial score (nSPS) is 23.1. The van der Waals surface area contributed by atoms with E-state index in [0.717, 1.165) is 6.42 Å². The number of carbonyl (C=O) groups excluding carboxylic acids is 1. The Kier molecular flexibility index (Phi) is 3.38. The minimum absolute atomic E-state index is 0.225. The smallest absolute Gasteiger partial charge is 0.409 e. The molecule has 16 heavy (non-hydrogen) atoms. The number of nitrogens with zero attached hydrogens (tertiary/aromatic N) is 2. The molecule has 1 aliphatic carbocycles. The summed E-state index contributed by atoms with van der Waals surface area (Å²) in [4.78, 5) is 15.3. The lowest BCUT2D eigenvalue weighted by atomic mass is 10.1. The average Bonchev–Trinajstić information content (AvgIpc) is 2.83. The van der Waals surface area contributed by atoms with Gasteiger partial charge in [0.25, 0.3) is 0 Å². The molecule has 92 valence electrons. The van der Waals surface area contributed by atoms with Crippen molar-refractivity contribution in [3.63, 3.8) is 0 Å². The Balaban J connectivity index is 1.71. The van der Waals surface area contributed by atoms with Gasteiger partial charge >= 0.3 is 6.09 Å². The zero-order chi connectivity index (χ0) is 11.6. The summed E-state index contributed by atoms with van der Waals surface area (Å²) in [6.45, 7) is 3.04. The van der Waals surface area contributed by atoms with Crippen molar-refractivity contribution in [3.05, 3.63) is 0 Å². The largest absolute Gasteiger partial charge is 0.449 e. The van der Waals surface area contributed by atoms with Gasteiger partial charge in [0.1, 0.15) is 0 Å². The van der Waals surface area contributed by atoms with E-state index in [1.165, 1.54) is 43.7 Å². The molecule has 1 saturated carbocycles. The standard InChI is InChI=1S/C12H22N2O2/c1-13(2)11(15)16-10-7-12(5-6-12)14-8-3-4-9-14/h3-10H2,1-2H3. The van der Waals surface area contributed by atoms with E-state index in [4.69, 9.17) is 4.74 Å². The fraction of sp³-hybridized carbons (Fsp3) is 0.917. The average molecular weight is 226 g/mol. The molecule has 4 nitrogen and oxygen atoms in total. The van der Waals surface area contributed by atoms with Gasteiger partial charge in [-0.05, 0) is 38.8 Å². The van der Waals surface area contributed by atoms with Crippen LogP contribution in [0.25, 0.3) is 0 Å². The molecule has 1 aliphatic heterocycles. The summed E-state index contributed by atoms with van der Waals surface area (Å²) in [6.07, 6.45) is 6.02. The third kappa shape index (κ3) is 2.48. The van der Waals surface area contributed by atoms with Crippen molar-refractivity contribution in [3.8, 4) is 0 Å². The molecule has 2 aliphatic rings. The first-order chi connectivity index (χ1) is 7.64. The van der Waals surface area contributed by atoms with Gasteiger partial charge in [-0.2, -0.15) is 0 Å². The lowest BCUT2D eigenvalue weighted by Crippen LogP contribution is -2.36. The quantitative estimate of drug-likeness (QED) is 0.731. The van der Waals surface area contributed by atoms with Crippen molar-refractivity contribution >= 4 is 6.09 Å². The highest BCUT2D eigenvalue weighted by Gasteiger charge is 2.48. The Morgan fingerprint density at radius 1 is 1.31 bits per heavy atom. The highest BCUT2D eigenvalue weighted by Crippen LogP contribution is 2.46. The third-order valence-electron chi connectivity index (χ3n) is 3.76. The van der Waals surface area contributed by atoms with Crippen LogP contribution < -0.4 is 0 Å². The van der Waals surface area contributed by atoms with Gasteiger partial charge in [0.05, 0.1) is 6.61 Å². The van der Waals surface area contributed by atoms with Gasteiger partial charge in [-0.25, -0.2) is 4.79 Å². The highest BCUT2D eigenvalue weighted by atomic mass is 16.6. The Hall–Kier alpha value is -0.770. The molecule has 0 aromatic heterocycles. The maximum absolute atomic E-state index is 11.3. The van der Waals surface area contributed by atoms with Crippen LogP contribution in [0.4, 0.5) is 4.79 Å². The number of hydrogen-bond donors (Lipinski definition) is 0. The summed E-state index contributed by atoms with van der Waals surface area (Å²) in [5.41, 5.74) is 0.392. The van der Waals surface area contributed by atoms with E-state index in [1.54, 1.807) is 14.1 Å². The van der Waals surface area contributed by atoms with E-state index in [-0.39, 0.29) is 6.09 Å². The van der Waals surface area contributed by atoms with Gasteiger partial charge in [0, 0.05) is 26.1 Å². The monoisotopic (exact) mass is 226 g/mol. The molecule has 0 aromatic carbocycles. The van der Waals surface area contributed by atoms with Crippen LogP contribution >= 0.6 is 0 Å². The minimum atomic E-state index is -0.225. The van der Waals surface area contributed by atoms with Crippen molar-refractivity contribution in [2.45, 2.75) is 37.6 Å².